The van der Waals surface area contributed by atoms with Crippen molar-refractivity contribution in [1.82, 2.24) is 24.1 Å². The Kier molecular flexibility index (Phi) is 5.39. The van der Waals surface area contributed by atoms with Gasteiger partial charge in [-0.2, -0.15) is 5.10 Å². The molecule has 0 atom stereocenters. The monoisotopic (exact) mass is 409 g/mol. The van der Waals surface area contributed by atoms with Crippen LogP contribution in [0.15, 0.2) is 55.0 Å². The van der Waals surface area contributed by atoms with Crippen molar-refractivity contribution >= 4 is 11.8 Å². The first-order valence-electron chi connectivity index (χ1n) is 10.0. The van der Waals surface area contributed by atoms with Crippen molar-refractivity contribution in [3.63, 3.8) is 0 Å². The van der Waals surface area contributed by atoms with Crippen molar-refractivity contribution in [2.45, 2.75) is 13.8 Å². The minimum absolute atomic E-state index is 0.0541. The number of amides is 2. The standard InChI is InChI=1S/C22H24FN5O2/c1-16(2)21(29)26-11-13-27(14-12-26)22(30)19-15-24-28(18-7-5-17(23)6-8-18)20(19)25-9-3-4-10-25/h3-10,15-16H,11-14H2,1-2H3. The molecule has 0 aliphatic carbocycles. The van der Waals surface area contributed by atoms with E-state index >= 15 is 0 Å². The van der Waals surface area contributed by atoms with Crippen molar-refractivity contribution in [2.75, 3.05) is 26.2 Å². The maximum Gasteiger partial charge on any atom is 0.259 e. The van der Waals surface area contributed by atoms with Crippen molar-refractivity contribution < 1.29 is 14.0 Å². The van der Waals surface area contributed by atoms with Gasteiger partial charge in [0.15, 0.2) is 5.82 Å². The van der Waals surface area contributed by atoms with E-state index in [9.17, 15) is 14.0 Å². The van der Waals surface area contributed by atoms with E-state index in [4.69, 9.17) is 0 Å². The Morgan fingerprint density at radius 3 is 2.17 bits per heavy atom. The van der Waals surface area contributed by atoms with Gasteiger partial charge in [0.1, 0.15) is 11.4 Å². The fourth-order valence-corrected chi connectivity index (χ4v) is 3.65. The minimum Gasteiger partial charge on any atom is -0.339 e. The summed E-state index contributed by atoms with van der Waals surface area (Å²) >= 11 is 0. The lowest BCUT2D eigenvalue weighted by Gasteiger charge is -2.35. The van der Waals surface area contributed by atoms with E-state index in [-0.39, 0.29) is 23.5 Å². The van der Waals surface area contributed by atoms with Crippen molar-refractivity contribution in [3.8, 4) is 11.5 Å². The van der Waals surface area contributed by atoms with Crippen LogP contribution < -0.4 is 0 Å². The smallest absolute Gasteiger partial charge is 0.259 e. The Morgan fingerprint density at radius 2 is 1.57 bits per heavy atom. The van der Waals surface area contributed by atoms with Crippen molar-refractivity contribution in [1.29, 1.82) is 0 Å². The number of carbonyl (C=O) groups excluding carboxylic acids is 2. The fourth-order valence-electron chi connectivity index (χ4n) is 3.65. The normalized spacial score (nSPS) is 14.4. The van der Waals surface area contributed by atoms with Crippen molar-refractivity contribution in [3.05, 3.63) is 66.4 Å². The van der Waals surface area contributed by atoms with E-state index in [0.717, 1.165) is 0 Å². The summed E-state index contributed by atoms with van der Waals surface area (Å²) in [5.74, 6) is 0.181. The van der Waals surface area contributed by atoms with Crippen LogP contribution >= 0.6 is 0 Å². The average molecular weight is 409 g/mol. The second-order valence-corrected chi connectivity index (χ2v) is 7.63. The molecule has 0 radical (unpaired) electrons. The largest absolute Gasteiger partial charge is 0.339 e. The van der Waals surface area contributed by atoms with Gasteiger partial charge in [-0.1, -0.05) is 13.8 Å². The van der Waals surface area contributed by atoms with Crippen LogP contribution in [0.25, 0.3) is 11.5 Å². The first-order chi connectivity index (χ1) is 14.5. The molecule has 1 saturated heterocycles. The van der Waals surface area contributed by atoms with E-state index < -0.39 is 0 Å². The summed E-state index contributed by atoms with van der Waals surface area (Å²) in [7, 11) is 0. The van der Waals surface area contributed by atoms with Gasteiger partial charge in [-0.25, -0.2) is 9.07 Å². The zero-order valence-electron chi connectivity index (χ0n) is 17.0. The van der Waals surface area contributed by atoms with Crippen molar-refractivity contribution in [2.24, 2.45) is 5.92 Å². The maximum absolute atomic E-state index is 13.4. The SMILES string of the molecule is CC(C)C(=O)N1CCN(C(=O)c2cnn(-c3ccc(F)cc3)c2-n2cccc2)CC1. The Bertz CT molecular complexity index is 1030. The first-order valence-corrected chi connectivity index (χ1v) is 10.0. The molecule has 7 nitrogen and oxygen atoms in total. The lowest BCUT2D eigenvalue weighted by Crippen LogP contribution is -2.51. The number of halogens is 1. The summed E-state index contributed by atoms with van der Waals surface area (Å²) in [6.07, 6.45) is 5.23. The van der Waals surface area contributed by atoms with Gasteiger partial charge in [0, 0.05) is 44.5 Å². The molecule has 1 aliphatic rings. The maximum atomic E-state index is 13.4. The molecule has 8 heteroatoms. The van der Waals surface area contributed by atoms with E-state index in [1.54, 1.807) is 27.9 Å². The third-order valence-electron chi connectivity index (χ3n) is 5.27. The van der Waals surface area contributed by atoms with Crippen LogP contribution in [-0.2, 0) is 4.79 Å². The van der Waals surface area contributed by atoms with Gasteiger partial charge in [0.25, 0.3) is 5.91 Å². The molecule has 0 bridgehead atoms. The molecule has 1 aliphatic heterocycles. The molecule has 156 valence electrons. The summed E-state index contributed by atoms with van der Waals surface area (Å²) in [4.78, 5) is 29.1. The summed E-state index contributed by atoms with van der Waals surface area (Å²) in [6.45, 7) is 5.76. The summed E-state index contributed by atoms with van der Waals surface area (Å²) in [5.41, 5.74) is 1.12. The summed E-state index contributed by atoms with van der Waals surface area (Å²) in [6, 6.07) is 9.71. The van der Waals surface area contributed by atoms with Crippen LogP contribution in [0.3, 0.4) is 0 Å². The van der Waals surface area contributed by atoms with Crippen LogP contribution in [0.1, 0.15) is 24.2 Å². The van der Waals surface area contributed by atoms with E-state index in [1.165, 1.54) is 12.1 Å². The van der Waals surface area contributed by atoms with E-state index in [1.807, 2.05) is 47.8 Å². The molecule has 2 amide bonds. The number of rotatable bonds is 4. The van der Waals surface area contributed by atoms with Crippen LogP contribution in [0.4, 0.5) is 4.39 Å². The zero-order valence-corrected chi connectivity index (χ0v) is 17.0. The van der Waals surface area contributed by atoms with Gasteiger partial charge in [-0.15, -0.1) is 0 Å². The third-order valence-corrected chi connectivity index (χ3v) is 5.27. The van der Waals surface area contributed by atoms with E-state index in [2.05, 4.69) is 5.10 Å². The second-order valence-electron chi connectivity index (χ2n) is 7.63. The van der Waals surface area contributed by atoms with Gasteiger partial charge >= 0.3 is 0 Å². The Morgan fingerprint density at radius 1 is 0.967 bits per heavy atom. The molecule has 0 unspecified atom stereocenters. The lowest BCUT2D eigenvalue weighted by atomic mass is 10.1. The second kappa shape index (κ2) is 8.14. The molecular formula is C22H24FN5O2. The first kappa shape index (κ1) is 19.9. The molecule has 0 N–H and O–H groups in total. The highest BCUT2D eigenvalue weighted by Crippen LogP contribution is 2.22. The van der Waals surface area contributed by atoms with E-state index in [0.29, 0.717) is 43.2 Å². The molecule has 4 rings (SSSR count). The number of piperazine rings is 1. The van der Waals surface area contributed by atoms with Crippen LogP contribution in [-0.4, -0.2) is 62.1 Å². The molecule has 3 aromatic rings. The highest BCUT2D eigenvalue weighted by Gasteiger charge is 2.29. The molecule has 0 saturated carbocycles. The number of hydrogen-bond donors (Lipinski definition) is 0. The van der Waals surface area contributed by atoms with Gasteiger partial charge in [-0.05, 0) is 36.4 Å². The average Bonchev–Trinajstić information content (AvgIpc) is 3.43. The molecule has 3 heterocycles. The summed E-state index contributed by atoms with van der Waals surface area (Å²) in [5, 5.41) is 4.42. The van der Waals surface area contributed by atoms with Gasteiger partial charge < -0.3 is 14.4 Å². The Hall–Kier alpha value is -3.42. The number of carbonyl (C=O) groups is 2. The highest BCUT2D eigenvalue weighted by molar-refractivity contribution is 5.97. The predicted octanol–water partition coefficient (Wildman–Crippen LogP) is 2.74. The summed E-state index contributed by atoms with van der Waals surface area (Å²) < 4.78 is 16.8. The number of aromatic nitrogens is 3. The molecule has 1 fully saturated rings. The highest BCUT2D eigenvalue weighted by atomic mass is 19.1. The molecule has 30 heavy (non-hydrogen) atoms. The molecule has 1 aromatic carbocycles. The number of nitrogens with zero attached hydrogens (tertiary/aromatic N) is 5. The Balaban J connectivity index is 1.62. The number of hydrogen-bond acceptors (Lipinski definition) is 3. The number of benzene rings is 1. The van der Waals surface area contributed by atoms with Gasteiger partial charge in [-0.3, -0.25) is 9.59 Å². The Labute approximate surface area is 174 Å². The van der Waals surface area contributed by atoms with Crippen LogP contribution in [0, 0.1) is 11.7 Å². The van der Waals surface area contributed by atoms with Crippen LogP contribution in [0.2, 0.25) is 0 Å². The lowest BCUT2D eigenvalue weighted by molar-refractivity contribution is -0.135. The van der Waals surface area contributed by atoms with Crippen LogP contribution in [0.5, 0.6) is 0 Å². The predicted molar refractivity (Wildman–Crippen MR) is 110 cm³/mol. The zero-order chi connectivity index (χ0) is 21.3. The molecule has 0 spiro atoms. The molecule has 2 aromatic heterocycles. The quantitative estimate of drug-likeness (QED) is 0.666. The molecular weight excluding hydrogens is 385 g/mol. The topological polar surface area (TPSA) is 63.4 Å². The van der Waals surface area contributed by atoms with Gasteiger partial charge in [0.05, 0.1) is 11.9 Å². The fraction of sp³-hybridized carbons (Fsp3) is 0.318. The third kappa shape index (κ3) is 3.72. The minimum atomic E-state index is -0.335. The van der Waals surface area contributed by atoms with Gasteiger partial charge in [0.2, 0.25) is 5.91 Å².